The van der Waals surface area contributed by atoms with Gasteiger partial charge in [0, 0.05) is 31.1 Å². The number of carbonyl (C=O) groups is 1. The van der Waals surface area contributed by atoms with Gasteiger partial charge in [-0.15, -0.1) is 0 Å². The topological polar surface area (TPSA) is 84.1 Å². The first-order chi connectivity index (χ1) is 11.6. The number of para-hydroxylation sites is 2. The van der Waals surface area contributed by atoms with Crippen LogP contribution in [0.3, 0.4) is 0 Å². The summed E-state index contributed by atoms with van der Waals surface area (Å²) in [5.74, 6) is 0.168. The van der Waals surface area contributed by atoms with E-state index in [1.165, 1.54) is 0 Å². The largest absolute Gasteiger partial charge is 0.342 e. The summed E-state index contributed by atoms with van der Waals surface area (Å²) in [5.41, 5.74) is 7.70. The first-order valence-corrected chi connectivity index (χ1v) is 8.82. The number of hydrogen-bond donors (Lipinski definition) is 2. The zero-order valence-electron chi connectivity index (χ0n) is 13.8. The van der Waals surface area contributed by atoms with Gasteiger partial charge in [0.25, 0.3) is 0 Å². The molecule has 1 saturated carbocycles. The third-order valence-corrected chi connectivity index (χ3v) is 5.66. The average Bonchev–Trinajstić information content (AvgIpc) is 2.89. The number of aromatic amines is 1. The third-order valence-electron chi connectivity index (χ3n) is 5.66. The highest BCUT2D eigenvalue weighted by Crippen LogP contribution is 2.33. The minimum absolute atomic E-state index is 0.0589. The van der Waals surface area contributed by atoms with Gasteiger partial charge in [-0.1, -0.05) is 12.1 Å². The maximum Gasteiger partial charge on any atom is 0.326 e. The quantitative estimate of drug-likeness (QED) is 0.900. The van der Waals surface area contributed by atoms with Crippen molar-refractivity contribution in [3.63, 3.8) is 0 Å². The molecule has 0 bridgehead atoms. The second kappa shape index (κ2) is 5.77. The van der Waals surface area contributed by atoms with E-state index in [4.69, 9.17) is 5.73 Å². The number of nitrogens with zero attached hydrogens (tertiary/aromatic N) is 2. The van der Waals surface area contributed by atoms with Crippen LogP contribution in [-0.4, -0.2) is 39.0 Å². The Kier molecular flexibility index (Phi) is 3.72. The molecule has 24 heavy (non-hydrogen) atoms. The molecule has 0 spiro atoms. The number of aromatic nitrogens is 2. The fourth-order valence-electron chi connectivity index (χ4n) is 4.03. The van der Waals surface area contributed by atoms with Gasteiger partial charge in [0.15, 0.2) is 0 Å². The number of likely N-dealkylation sites (tertiary alicyclic amines) is 1. The first-order valence-electron chi connectivity index (χ1n) is 8.82. The predicted octanol–water partition coefficient (Wildman–Crippen LogP) is 1.76. The van der Waals surface area contributed by atoms with Gasteiger partial charge < -0.3 is 15.6 Å². The van der Waals surface area contributed by atoms with E-state index in [0.717, 1.165) is 43.1 Å². The van der Waals surface area contributed by atoms with Crippen molar-refractivity contribution >= 4 is 16.9 Å². The van der Waals surface area contributed by atoms with Crippen LogP contribution in [-0.2, 0) is 4.79 Å². The van der Waals surface area contributed by atoms with Crippen LogP contribution in [0.25, 0.3) is 11.0 Å². The number of rotatable bonds is 3. The lowest BCUT2D eigenvalue weighted by Gasteiger charge is -2.40. The molecule has 1 aliphatic heterocycles. The van der Waals surface area contributed by atoms with Crippen LogP contribution in [0.1, 0.15) is 44.6 Å². The number of benzene rings is 1. The van der Waals surface area contributed by atoms with Crippen LogP contribution < -0.4 is 11.4 Å². The average molecular weight is 328 g/mol. The van der Waals surface area contributed by atoms with Crippen LogP contribution in [0.15, 0.2) is 29.1 Å². The lowest BCUT2D eigenvalue weighted by Crippen LogP contribution is -2.51. The lowest BCUT2D eigenvalue weighted by atomic mass is 9.75. The van der Waals surface area contributed by atoms with Crippen LogP contribution >= 0.6 is 0 Å². The SMILES string of the molecule is NC1(CC(=O)N2CCC(n3c(=O)[nH]c4ccccc43)CC2)CCC1. The highest BCUT2D eigenvalue weighted by atomic mass is 16.2. The molecular formula is C18H24N4O2. The number of nitrogens with one attached hydrogen (secondary N) is 1. The lowest BCUT2D eigenvalue weighted by molar-refractivity contribution is -0.134. The molecule has 0 radical (unpaired) electrons. The molecule has 0 atom stereocenters. The van der Waals surface area contributed by atoms with Gasteiger partial charge in [0.05, 0.1) is 11.0 Å². The molecule has 2 aromatic rings. The summed E-state index contributed by atoms with van der Waals surface area (Å²) < 4.78 is 1.85. The summed E-state index contributed by atoms with van der Waals surface area (Å²) >= 11 is 0. The number of fused-ring (bicyclic) bond motifs is 1. The van der Waals surface area contributed by atoms with Crippen molar-refractivity contribution in [2.75, 3.05) is 13.1 Å². The summed E-state index contributed by atoms with van der Waals surface area (Å²) in [6.45, 7) is 1.40. The summed E-state index contributed by atoms with van der Waals surface area (Å²) in [4.78, 5) is 29.6. The van der Waals surface area contributed by atoms with Gasteiger partial charge in [0.1, 0.15) is 0 Å². The number of H-pyrrole nitrogens is 1. The van der Waals surface area contributed by atoms with Gasteiger partial charge >= 0.3 is 5.69 Å². The van der Waals surface area contributed by atoms with E-state index in [0.29, 0.717) is 19.5 Å². The van der Waals surface area contributed by atoms with Crippen LogP contribution in [0.2, 0.25) is 0 Å². The Morgan fingerprint density at radius 1 is 1.25 bits per heavy atom. The Morgan fingerprint density at radius 2 is 1.96 bits per heavy atom. The van der Waals surface area contributed by atoms with E-state index in [9.17, 15) is 9.59 Å². The summed E-state index contributed by atoms with van der Waals surface area (Å²) in [5, 5.41) is 0. The van der Waals surface area contributed by atoms with Gasteiger partial charge in [-0.25, -0.2) is 4.79 Å². The molecule has 2 heterocycles. The molecule has 1 aromatic heterocycles. The minimum atomic E-state index is -0.262. The number of nitrogens with two attached hydrogens (primary N) is 1. The molecule has 128 valence electrons. The Morgan fingerprint density at radius 3 is 2.62 bits per heavy atom. The van der Waals surface area contributed by atoms with E-state index >= 15 is 0 Å². The van der Waals surface area contributed by atoms with Crippen molar-refractivity contribution in [3.8, 4) is 0 Å². The van der Waals surface area contributed by atoms with Gasteiger partial charge in [-0.2, -0.15) is 0 Å². The molecule has 1 saturated heterocycles. The molecule has 0 unspecified atom stereocenters. The van der Waals surface area contributed by atoms with E-state index in [1.54, 1.807) is 0 Å². The molecule has 6 heteroatoms. The van der Waals surface area contributed by atoms with Gasteiger partial charge in [-0.3, -0.25) is 9.36 Å². The van der Waals surface area contributed by atoms with Crippen molar-refractivity contribution in [2.45, 2.75) is 50.1 Å². The normalized spacial score (nSPS) is 21.0. The second-order valence-electron chi connectivity index (χ2n) is 7.32. The summed E-state index contributed by atoms with van der Waals surface area (Å²) in [6, 6.07) is 7.91. The highest BCUT2D eigenvalue weighted by Gasteiger charge is 2.36. The van der Waals surface area contributed by atoms with E-state index in [1.807, 2.05) is 33.7 Å². The fraction of sp³-hybridized carbons (Fsp3) is 0.556. The standard InChI is InChI=1S/C18H24N4O2/c19-18(8-3-9-18)12-16(23)21-10-6-13(7-11-21)22-15-5-2-1-4-14(15)20-17(22)24/h1-2,4-5,13H,3,6-12,19H2,(H,20,24). The molecule has 4 rings (SSSR count). The monoisotopic (exact) mass is 328 g/mol. The third kappa shape index (κ3) is 2.65. The van der Waals surface area contributed by atoms with E-state index in [2.05, 4.69) is 4.98 Å². The number of amides is 1. The van der Waals surface area contributed by atoms with Crippen LogP contribution in [0, 0.1) is 0 Å². The molecule has 3 N–H and O–H groups in total. The van der Waals surface area contributed by atoms with Crippen LogP contribution in [0.4, 0.5) is 0 Å². The van der Waals surface area contributed by atoms with Gasteiger partial charge in [0.2, 0.25) is 5.91 Å². The molecule has 1 aliphatic carbocycles. The van der Waals surface area contributed by atoms with Crippen molar-refractivity contribution in [1.29, 1.82) is 0 Å². The predicted molar refractivity (Wildman–Crippen MR) is 92.8 cm³/mol. The maximum absolute atomic E-state index is 12.5. The Bertz CT molecular complexity index is 810. The summed E-state index contributed by atoms with van der Waals surface area (Å²) in [6.07, 6.45) is 5.13. The molecular weight excluding hydrogens is 304 g/mol. The molecule has 1 aromatic carbocycles. The first kappa shape index (κ1) is 15.4. The smallest absolute Gasteiger partial charge is 0.326 e. The number of hydrogen-bond acceptors (Lipinski definition) is 3. The number of piperidine rings is 1. The minimum Gasteiger partial charge on any atom is -0.342 e. The number of imidazole rings is 1. The van der Waals surface area contributed by atoms with Crippen molar-refractivity contribution in [1.82, 2.24) is 14.5 Å². The zero-order valence-corrected chi connectivity index (χ0v) is 13.8. The summed E-state index contributed by atoms with van der Waals surface area (Å²) in [7, 11) is 0. The zero-order chi connectivity index (χ0) is 16.7. The highest BCUT2D eigenvalue weighted by molar-refractivity contribution is 5.78. The van der Waals surface area contributed by atoms with Crippen molar-refractivity contribution in [2.24, 2.45) is 5.73 Å². The number of carbonyl (C=O) groups excluding carboxylic acids is 1. The Labute approximate surface area is 140 Å². The van der Waals surface area contributed by atoms with Crippen LogP contribution in [0.5, 0.6) is 0 Å². The van der Waals surface area contributed by atoms with E-state index in [-0.39, 0.29) is 23.2 Å². The molecule has 1 amide bonds. The molecule has 2 fully saturated rings. The molecule has 2 aliphatic rings. The Hall–Kier alpha value is -2.08. The van der Waals surface area contributed by atoms with E-state index < -0.39 is 0 Å². The van der Waals surface area contributed by atoms with Crippen molar-refractivity contribution < 1.29 is 4.79 Å². The fourth-order valence-corrected chi connectivity index (χ4v) is 4.03. The van der Waals surface area contributed by atoms with Crippen molar-refractivity contribution in [3.05, 3.63) is 34.7 Å². The molecule has 6 nitrogen and oxygen atoms in total. The maximum atomic E-state index is 12.5. The second-order valence-corrected chi connectivity index (χ2v) is 7.32. The van der Waals surface area contributed by atoms with Gasteiger partial charge in [-0.05, 0) is 44.2 Å². The Balaban J connectivity index is 1.45.